The predicted octanol–water partition coefficient (Wildman–Crippen LogP) is 1.22. The van der Waals surface area contributed by atoms with Gasteiger partial charge in [0.15, 0.2) is 0 Å². The van der Waals surface area contributed by atoms with Gasteiger partial charge in [0, 0.05) is 18.7 Å². The lowest BCUT2D eigenvalue weighted by Crippen LogP contribution is -2.29. The molecular weight excluding hydrogens is 216 g/mol. The van der Waals surface area contributed by atoms with Crippen molar-refractivity contribution in [2.24, 2.45) is 17.6 Å². The van der Waals surface area contributed by atoms with E-state index < -0.39 is 0 Å². The van der Waals surface area contributed by atoms with Crippen molar-refractivity contribution >= 4 is 11.6 Å². The number of carbonyl (C=O) groups excluding carboxylic acids is 1. The molecule has 17 heavy (non-hydrogen) atoms. The Labute approximate surface area is 101 Å². The lowest BCUT2D eigenvalue weighted by molar-refractivity contribution is -0.120. The fraction of sp³-hybridized carbons (Fsp3) is 0.667. The molecule has 2 rings (SSSR count). The van der Waals surface area contributed by atoms with E-state index >= 15 is 0 Å². The van der Waals surface area contributed by atoms with Crippen molar-refractivity contribution in [1.82, 2.24) is 9.78 Å². The number of hydrogen-bond donors (Lipinski definition) is 2. The van der Waals surface area contributed by atoms with Gasteiger partial charge < -0.3 is 11.1 Å². The summed E-state index contributed by atoms with van der Waals surface area (Å²) in [7, 11) is 0. The second-order valence-electron chi connectivity index (χ2n) is 4.61. The Morgan fingerprint density at radius 2 is 2.47 bits per heavy atom. The molecule has 0 aromatic carbocycles. The normalized spacial score (nSPS) is 23.9. The maximum atomic E-state index is 12.1. The van der Waals surface area contributed by atoms with Crippen LogP contribution in [0.2, 0.25) is 0 Å². The van der Waals surface area contributed by atoms with Crippen molar-refractivity contribution in [2.75, 3.05) is 11.9 Å². The number of amides is 1. The van der Waals surface area contributed by atoms with Crippen LogP contribution in [0.1, 0.15) is 26.2 Å². The summed E-state index contributed by atoms with van der Waals surface area (Å²) >= 11 is 0. The molecule has 5 nitrogen and oxygen atoms in total. The predicted molar refractivity (Wildman–Crippen MR) is 66.4 cm³/mol. The summed E-state index contributed by atoms with van der Waals surface area (Å²) in [5, 5.41) is 7.06. The summed E-state index contributed by atoms with van der Waals surface area (Å²) < 4.78 is 1.80. The minimum Gasteiger partial charge on any atom is -0.330 e. The Morgan fingerprint density at radius 1 is 1.65 bits per heavy atom. The van der Waals surface area contributed by atoms with Gasteiger partial charge in [0.25, 0.3) is 0 Å². The van der Waals surface area contributed by atoms with Gasteiger partial charge >= 0.3 is 0 Å². The molecule has 0 saturated heterocycles. The molecule has 1 amide bonds. The number of carbonyl (C=O) groups is 1. The van der Waals surface area contributed by atoms with Gasteiger partial charge in [0.05, 0.1) is 11.9 Å². The summed E-state index contributed by atoms with van der Waals surface area (Å²) in [6.45, 7) is 3.43. The van der Waals surface area contributed by atoms with Crippen LogP contribution < -0.4 is 11.1 Å². The second kappa shape index (κ2) is 5.31. The third kappa shape index (κ3) is 2.66. The number of nitrogens with one attached hydrogen (secondary N) is 1. The van der Waals surface area contributed by atoms with Crippen molar-refractivity contribution in [3.63, 3.8) is 0 Å². The van der Waals surface area contributed by atoms with Crippen molar-refractivity contribution in [3.8, 4) is 0 Å². The fourth-order valence-electron chi connectivity index (χ4n) is 2.50. The number of aromatic nitrogens is 2. The SMILES string of the molecule is CCn1cc(NC(=O)C2CCCC2CN)cn1. The molecule has 2 unspecified atom stereocenters. The summed E-state index contributed by atoms with van der Waals surface area (Å²) in [6, 6.07) is 0. The van der Waals surface area contributed by atoms with Gasteiger partial charge in [-0.25, -0.2) is 0 Å². The van der Waals surface area contributed by atoms with Crippen molar-refractivity contribution in [1.29, 1.82) is 0 Å². The first-order valence-corrected chi connectivity index (χ1v) is 6.28. The molecule has 1 fully saturated rings. The Bertz CT molecular complexity index is 388. The van der Waals surface area contributed by atoms with Crippen LogP contribution in [0.4, 0.5) is 5.69 Å². The van der Waals surface area contributed by atoms with Crippen molar-refractivity contribution in [2.45, 2.75) is 32.7 Å². The third-order valence-electron chi connectivity index (χ3n) is 3.52. The molecule has 1 aliphatic carbocycles. The highest BCUT2D eigenvalue weighted by atomic mass is 16.1. The molecule has 1 heterocycles. The molecule has 1 saturated carbocycles. The number of hydrogen-bond acceptors (Lipinski definition) is 3. The number of rotatable bonds is 4. The van der Waals surface area contributed by atoms with E-state index in [4.69, 9.17) is 5.73 Å². The van der Waals surface area contributed by atoms with E-state index in [1.54, 1.807) is 10.9 Å². The Hall–Kier alpha value is -1.36. The van der Waals surface area contributed by atoms with Crippen LogP contribution >= 0.6 is 0 Å². The lowest BCUT2D eigenvalue weighted by Gasteiger charge is -2.16. The van der Waals surface area contributed by atoms with E-state index in [1.807, 2.05) is 13.1 Å². The smallest absolute Gasteiger partial charge is 0.227 e. The maximum Gasteiger partial charge on any atom is 0.227 e. The van der Waals surface area contributed by atoms with Gasteiger partial charge in [-0.15, -0.1) is 0 Å². The van der Waals surface area contributed by atoms with E-state index in [1.165, 1.54) is 0 Å². The van der Waals surface area contributed by atoms with Gasteiger partial charge in [-0.05, 0) is 32.2 Å². The summed E-state index contributed by atoms with van der Waals surface area (Å²) in [5.74, 6) is 0.509. The topological polar surface area (TPSA) is 72.9 Å². The fourth-order valence-corrected chi connectivity index (χ4v) is 2.50. The van der Waals surface area contributed by atoms with E-state index in [9.17, 15) is 4.79 Å². The molecular formula is C12H20N4O. The molecule has 1 aromatic heterocycles. The first kappa shape index (κ1) is 12.1. The van der Waals surface area contributed by atoms with Gasteiger partial charge in [0.2, 0.25) is 5.91 Å². The molecule has 0 bridgehead atoms. The number of aryl methyl sites for hydroxylation is 1. The largest absolute Gasteiger partial charge is 0.330 e. The molecule has 1 aliphatic rings. The molecule has 2 atom stereocenters. The zero-order chi connectivity index (χ0) is 12.3. The summed E-state index contributed by atoms with van der Waals surface area (Å²) in [6.07, 6.45) is 6.67. The Balaban J connectivity index is 1.96. The Kier molecular flexibility index (Phi) is 3.78. The van der Waals surface area contributed by atoms with Gasteiger partial charge in [-0.1, -0.05) is 6.42 Å². The van der Waals surface area contributed by atoms with Crippen LogP contribution in [0.3, 0.4) is 0 Å². The maximum absolute atomic E-state index is 12.1. The highest BCUT2D eigenvalue weighted by Crippen LogP contribution is 2.31. The van der Waals surface area contributed by atoms with Crippen molar-refractivity contribution in [3.05, 3.63) is 12.4 Å². The average Bonchev–Trinajstić information content (AvgIpc) is 2.96. The standard InChI is InChI=1S/C12H20N4O/c1-2-16-8-10(7-14-16)15-12(17)11-5-3-4-9(11)6-13/h7-9,11H,2-6,13H2,1H3,(H,15,17). The molecule has 3 N–H and O–H groups in total. The monoisotopic (exact) mass is 236 g/mol. The minimum atomic E-state index is 0.0741. The van der Waals surface area contributed by atoms with E-state index in [0.29, 0.717) is 12.5 Å². The molecule has 0 spiro atoms. The van der Waals surface area contributed by atoms with Crippen molar-refractivity contribution < 1.29 is 4.79 Å². The lowest BCUT2D eigenvalue weighted by atomic mass is 9.95. The van der Waals surface area contributed by atoms with Gasteiger partial charge in [-0.2, -0.15) is 5.10 Å². The molecule has 5 heteroatoms. The third-order valence-corrected chi connectivity index (χ3v) is 3.52. The second-order valence-corrected chi connectivity index (χ2v) is 4.61. The molecule has 0 aliphatic heterocycles. The van der Waals surface area contributed by atoms with E-state index in [2.05, 4.69) is 10.4 Å². The molecule has 1 aromatic rings. The number of anilines is 1. The van der Waals surface area contributed by atoms with E-state index in [0.717, 1.165) is 31.5 Å². The summed E-state index contributed by atoms with van der Waals surface area (Å²) in [5.41, 5.74) is 6.46. The van der Waals surface area contributed by atoms with Crippen LogP contribution in [0.15, 0.2) is 12.4 Å². The highest BCUT2D eigenvalue weighted by molar-refractivity contribution is 5.92. The quantitative estimate of drug-likeness (QED) is 0.825. The highest BCUT2D eigenvalue weighted by Gasteiger charge is 2.31. The molecule has 0 radical (unpaired) electrons. The zero-order valence-corrected chi connectivity index (χ0v) is 10.2. The van der Waals surface area contributed by atoms with Crippen LogP contribution in [-0.4, -0.2) is 22.2 Å². The first-order chi connectivity index (χ1) is 8.24. The summed E-state index contributed by atoms with van der Waals surface area (Å²) in [4.78, 5) is 12.1. The first-order valence-electron chi connectivity index (χ1n) is 6.28. The number of nitrogens with zero attached hydrogens (tertiary/aromatic N) is 2. The van der Waals surface area contributed by atoms with Crippen LogP contribution in [0.25, 0.3) is 0 Å². The molecule has 94 valence electrons. The number of nitrogens with two attached hydrogens (primary N) is 1. The van der Waals surface area contributed by atoms with Gasteiger partial charge in [0.1, 0.15) is 0 Å². The zero-order valence-electron chi connectivity index (χ0n) is 10.2. The minimum absolute atomic E-state index is 0.0741. The van der Waals surface area contributed by atoms with Crippen LogP contribution in [0.5, 0.6) is 0 Å². The van der Waals surface area contributed by atoms with Gasteiger partial charge in [-0.3, -0.25) is 9.48 Å². The van der Waals surface area contributed by atoms with E-state index in [-0.39, 0.29) is 11.8 Å². The van der Waals surface area contributed by atoms with Crippen LogP contribution in [0, 0.1) is 11.8 Å². The van der Waals surface area contributed by atoms with Crippen LogP contribution in [-0.2, 0) is 11.3 Å². The Morgan fingerprint density at radius 3 is 3.12 bits per heavy atom. The average molecular weight is 236 g/mol.